The van der Waals surface area contributed by atoms with Crippen LogP contribution in [-0.2, 0) is 4.74 Å². The fourth-order valence-corrected chi connectivity index (χ4v) is 4.07. The van der Waals surface area contributed by atoms with Crippen molar-refractivity contribution in [3.8, 4) is 0 Å². The number of hydrogen-bond acceptors (Lipinski definition) is 2. The van der Waals surface area contributed by atoms with Gasteiger partial charge in [-0.1, -0.05) is 15.9 Å². The van der Waals surface area contributed by atoms with E-state index < -0.39 is 0 Å². The number of thiophene rings is 1. The van der Waals surface area contributed by atoms with E-state index in [1.165, 1.54) is 27.1 Å². The zero-order chi connectivity index (χ0) is 10.1. The topological polar surface area (TPSA) is 9.23 Å². The van der Waals surface area contributed by atoms with Crippen LogP contribution in [0.4, 0.5) is 0 Å². The Morgan fingerprint density at radius 3 is 2.93 bits per heavy atom. The van der Waals surface area contributed by atoms with Crippen molar-refractivity contribution in [2.45, 2.75) is 30.7 Å². The lowest BCUT2D eigenvalue weighted by Gasteiger charge is -2.14. The molecule has 0 aromatic carbocycles. The molecule has 14 heavy (non-hydrogen) atoms. The highest BCUT2D eigenvalue weighted by Gasteiger charge is 2.26. The van der Waals surface area contributed by atoms with E-state index in [4.69, 9.17) is 4.74 Å². The standard InChI is InChI=1S/C10H12Br2OS/c1-6-5-8(14-10(6)12)9(11)7-3-2-4-13-7/h5,7,9H,2-4H2,1H3. The van der Waals surface area contributed by atoms with Gasteiger partial charge in [-0.3, -0.25) is 0 Å². The van der Waals surface area contributed by atoms with Crippen molar-refractivity contribution in [2.24, 2.45) is 0 Å². The van der Waals surface area contributed by atoms with Gasteiger partial charge in [0.1, 0.15) is 0 Å². The van der Waals surface area contributed by atoms with E-state index in [0.29, 0.717) is 10.9 Å². The Kier molecular flexibility index (Phi) is 3.68. The van der Waals surface area contributed by atoms with Gasteiger partial charge in [0.2, 0.25) is 0 Å². The van der Waals surface area contributed by atoms with Crippen LogP contribution >= 0.6 is 43.2 Å². The number of hydrogen-bond donors (Lipinski definition) is 0. The van der Waals surface area contributed by atoms with Crippen LogP contribution in [0, 0.1) is 6.92 Å². The normalized spacial score (nSPS) is 24.1. The molecule has 0 N–H and O–H groups in total. The molecular formula is C10H12Br2OS. The molecule has 2 heterocycles. The van der Waals surface area contributed by atoms with Gasteiger partial charge in [-0.25, -0.2) is 0 Å². The van der Waals surface area contributed by atoms with Gasteiger partial charge in [0.25, 0.3) is 0 Å². The van der Waals surface area contributed by atoms with Crippen LogP contribution in [0.5, 0.6) is 0 Å². The van der Waals surface area contributed by atoms with E-state index in [0.717, 1.165) is 6.61 Å². The van der Waals surface area contributed by atoms with Crippen molar-refractivity contribution in [2.75, 3.05) is 6.61 Å². The minimum absolute atomic E-state index is 0.361. The Hall–Kier alpha value is 0.620. The maximum atomic E-state index is 5.66. The zero-order valence-electron chi connectivity index (χ0n) is 7.93. The Morgan fingerprint density at radius 2 is 2.43 bits per heavy atom. The van der Waals surface area contributed by atoms with Gasteiger partial charge in [0.15, 0.2) is 0 Å². The molecule has 4 heteroatoms. The minimum atomic E-state index is 0.361. The first-order chi connectivity index (χ1) is 6.68. The average molecular weight is 340 g/mol. The lowest BCUT2D eigenvalue weighted by atomic mass is 10.1. The molecule has 2 unspecified atom stereocenters. The van der Waals surface area contributed by atoms with Gasteiger partial charge >= 0.3 is 0 Å². The number of aryl methyl sites for hydroxylation is 1. The van der Waals surface area contributed by atoms with Gasteiger partial charge in [-0.2, -0.15) is 0 Å². The summed E-state index contributed by atoms with van der Waals surface area (Å²) in [4.78, 5) is 1.72. The van der Waals surface area contributed by atoms with E-state index in [9.17, 15) is 0 Å². The van der Waals surface area contributed by atoms with Crippen LogP contribution < -0.4 is 0 Å². The summed E-state index contributed by atoms with van der Waals surface area (Å²) in [5.41, 5.74) is 1.31. The van der Waals surface area contributed by atoms with Crippen molar-refractivity contribution in [1.82, 2.24) is 0 Å². The maximum absolute atomic E-state index is 5.66. The SMILES string of the molecule is Cc1cc(C(Br)C2CCCO2)sc1Br. The van der Waals surface area contributed by atoms with Gasteiger partial charge in [0.05, 0.1) is 14.7 Å². The summed E-state index contributed by atoms with van der Waals surface area (Å²) in [5, 5.41) is 0. The molecule has 1 aromatic rings. The molecule has 0 amide bonds. The van der Waals surface area contributed by atoms with Crippen molar-refractivity contribution < 1.29 is 4.74 Å². The summed E-state index contributed by atoms with van der Waals surface area (Å²) in [6.07, 6.45) is 2.72. The van der Waals surface area contributed by atoms with Crippen molar-refractivity contribution in [1.29, 1.82) is 0 Å². The molecule has 1 aromatic heterocycles. The highest BCUT2D eigenvalue weighted by atomic mass is 79.9. The molecule has 78 valence electrons. The van der Waals surface area contributed by atoms with Crippen molar-refractivity contribution in [3.63, 3.8) is 0 Å². The van der Waals surface area contributed by atoms with Gasteiger partial charge in [-0.05, 0) is 47.3 Å². The predicted molar refractivity (Wildman–Crippen MR) is 67.4 cm³/mol. The second-order valence-corrected chi connectivity index (χ2v) is 6.95. The second-order valence-electron chi connectivity index (χ2n) is 3.56. The highest BCUT2D eigenvalue weighted by molar-refractivity contribution is 9.11. The molecule has 2 rings (SSSR count). The number of ether oxygens (including phenoxy) is 1. The van der Waals surface area contributed by atoms with Crippen LogP contribution in [0.15, 0.2) is 9.85 Å². The minimum Gasteiger partial charge on any atom is -0.377 e. The molecule has 1 fully saturated rings. The van der Waals surface area contributed by atoms with Crippen LogP contribution in [0.25, 0.3) is 0 Å². The molecule has 0 spiro atoms. The Balaban J connectivity index is 2.13. The Labute approximate surface area is 105 Å². The quantitative estimate of drug-likeness (QED) is 0.724. The molecule has 2 atom stereocenters. The third kappa shape index (κ3) is 2.23. The van der Waals surface area contributed by atoms with E-state index in [1.807, 2.05) is 0 Å². The highest BCUT2D eigenvalue weighted by Crippen LogP contribution is 2.40. The monoisotopic (exact) mass is 338 g/mol. The van der Waals surface area contributed by atoms with Gasteiger partial charge in [-0.15, -0.1) is 11.3 Å². The fourth-order valence-electron chi connectivity index (χ4n) is 1.64. The molecule has 0 saturated carbocycles. The van der Waals surface area contributed by atoms with E-state index in [2.05, 4.69) is 44.8 Å². The molecule has 0 aliphatic carbocycles. The van der Waals surface area contributed by atoms with Gasteiger partial charge in [0, 0.05) is 11.5 Å². The largest absolute Gasteiger partial charge is 0.377 e. The maximum Gasteiger partial charge on any atom is 0.0751 e. The first-order valence-electron chi connectivity index (χ1n) is 4.70. The number of rotatable bonds is 2. The van der Waals surface area contributed by atoms with Crippen molar-refractivity contribution >= 4 is 43.2 Å². The predicted octanol–water partition coefficient (Wildman–Crippen LogP) is 4.43. The third-order valence-electron chi connectivity index (χ3n) is 2.44. The van der Waals surface area contributed by atoms with Crippen LogP contribution in [0.3, 0.4) is 0 Å². The third-order valence-corrected chi connectivity index (χ3v) is 6.05. The van der Waals surface area contributed by atoms with Crippen LogP contribution in [-0.4, -0.2) is 12.7 Å². The van der Waals surface area contributed by atoms with Crippen LogP contribution in [0.1, 0.15) is 28.1 Å². The smallest absolute Gasteiger partial charge is 0.0751 e. The molecule has 0 radical (unpaired) electrons. The molecular weight excluding hydrogens is 328 g/mol. The molecule has 1 saturated heterocycles. The first kappa shape index (κ1) is 11.1. The Morgan fingerprint density at radius 1 is 1.64 bits per heavy atom. The van der Waals surface area contributed by atoms with Crippen LogP contribution in [0.2, 0.25) is 0 Å². The van der Waals surface area contributed by atoms with Gasteiger partial charge < -0.3 is 4.74 Å². The summed E-state index contributed by atoms with van der Waals surface area (Å²) in [6, 6.07) is 2.23. The number of alkyl halides is 1. The summed E-state index contributed by atoms with van der Waals surface area (Å²) in [6.45, 7) is 3.04. The Bertz CT molecular complexity index is 298. The summed E-state index contributed by atoms with van der Waals surface area (Å²) in [7, 11) is 0. The molecule has 0 bridgehead atoms. The molecule has 1 nitrogen and oxygen atoms in total. The summed E-state index contributed by atoms with van der Waals surface area (Å²) >= 11 is 9.07. The summed E-state index contributed by atoms with van der Waals surface area (Å²) in [5.74, 6) is 0. The average Bonchev–Trinajstić information content (AvgIpc) is 2.76. The fraction of sp³-hybridized carbons (Fsp3) is 0.600. The second kappa shape index (κ2) is 4.64. The lowest BCUT2D eigenvalue weighted by molar-refractivity contribution is 0.111. The van der Waals surface area contributed by atoms with E-state index in [-0.39, 0.29) is 0 Å². The zero-order valence-corrected chi connectivity index (χ0v) is 11.9. The van der Waals surface area contributed by atoms with Crippen molar-refractivity contribution in [3.05, 3.63) is 20.3 Å². The lowest BCUT2D eigenvalue weighted by Crippen LogP contribution is -2.10. The molecule has 1 aliphatic heterocycles. The summed E-state index contributed by atoms with van der Waals surface area (Å²) < 4.78 is 6.89. The van der Waals surface area contributed by atoms with E-state index >= 15 is 0 Å². The van der Waals surface area contributed by atoms with E-state index in [1.54, 1.807) is 11.3 Å². The first-order valence-corrected chi connectivity index (χ1v) is 7.22. The number of halogens is 2. The molecule has 1 aliphatic rings.